The van der Waals surface area contributed by atoms with E-state index in [1.54, 1.807) is 7.11 Å². The maximum atomic E-state index is 12.8. The molecule has 0 radical (unpaired) electrons. The molecule has 0 fully saturated rings. The molecule has 0 aromatic rings. The number of aliphatic hydroxyl groups excluding tert-OH is 1. The molecule has 2 unspecified atom stereocenters. The normalized spacial score (nSPS) is 13.2. The van der Waals surface area contributed by atoms with Gasteiger partial charge in [-0.25, -0.2) is 0 Å². The van der Waals surface area contributed by atoms with Gasteiger partial charge in [0, 0.05) is 19.8 Å². The fraction of sp³-hybridized carbons (Fsp3) is 0.970. The largest absolute Gasteiger partial charge is 0.465 e. The van der Waals surface area contributed by atoms with Crippen LogP contribution in [0.2, 0.25) is 0 Å². The van der Waals surface area contributed by atoms with Gasteiger partial charge in [0.2, 0.25) is 0 Å². The van der Waals surface area contributed by atoms with Gasteiger partial charge in [0.1, 0.15) is 0 Å². The minimum absolute atomic E-state index is 0.0560. The second kappa shape index (κ2) is 29.3. The standard InChI is InChI=1S/C33H67NO4/c1-5-8-10-12-13-19-25-31(24-18-11-9-6-2)33(36)38-29-23-17-15-21-27-34(32(7-3)30-35)26-20-14-16-22-28-37-4/h31-32,35H,5-30H2,1-4H3. The molecule has 1 N–H and O–H groups in total. The van der Waals surface area contributed by atoms with E-state index < -0.39 is 0 Å². The quantitative estimate of drug-likeness (QED) is 0.0728. The Morgan fingerprint density at radius 2 is 1.13 bits per heavy atom. The highest BCUT2D eigenvalue weighted by molar-refractivity contribution is 5.72. The third-order valence-corrected chi connectivity index (χ3v) is 7.97. The first-order valence-electron chi connectivity index (χ1n) is 16.6. The van der Waals surface area contributed by atoms with Crippen LogP contribution >= 0.6 is 0 Å². The van der Waals surface area contributed by atoms with Crippen LogP contribution in [0, 0.1) is 5.92 Å². The van der Waals surface area contributed by atoms with Crippen molar-refractivity contribution < 1.29 is 19.4 Å². The lowest BCUT2D eigenvalue weighted by Crippen LogP contribution is -2.39. The van der Waals surface area contributed by atoms with Crippen molar-refractivity contribution in [1.29, 1.82) is 0 Å². The van der Waals surface area contributed by atoms with Crippen LogP contribution in [-0.2, 0) is 14.3 Å². The van der Waals surface area contributed by atoms with Gasteiger partial charge in [-0.3, -0.25) is 9.69 Å². The molecule has 0 amide bonds. The van der Waals surface area contributed by atoms with E-state index in [1.165, 1.54) is 70.6 Å². The van der Waals surface area contributed by atoms with Crippen molar-refractivity contribution in [3.63, 3.8) is 0 Å². The molecule has 0 saturated carbocycles. The molecule has 0 aliphatic rings. The predicted molar refractivity (Wildman–Crippen MR) is 163 cm³/mol. The van der Waals surface area contributed by atoms with Crippen molar-refractivity contribution in [3.8, 4) is 0 Å². The SMILES string of the molecule is CCCCCCCCC(CCCCCC)C(=O)OCCCCCCN(CCCCCCOC)C(CC)CO. The summed E-state index contributed by atoms with van der Waals surface area (Å²) in [6.07, 6.45) is 24.7. The summed E-state index contributed by atoms with van der Waals surface area (Å²) in [6.45, 7) is 10.5. The van der Waals surface area contributed by atoms with Gasteiger partial charge in [-0.2, -0.15) is 0 Å². The number of carbonyl (C=O) groups is 1. The number of esters is 1. The van der Waals surface area contributed by atoms with E-state index in [1.807, 2.05) is 0 Å². The van der Waals surface area contributed by atoms with E-state index in [0.717, 1.165) is 83.9 Å². The molecular weight excluding hydrogens is 474 g/mol. The van der Waals surface area contributed by atoms with Gasteiger partial charge >= 0.3 is 5.97 Å². The Labute approximate surface area is 237 Å². The van der Waals surface area contributed by atoms with Crippen LogP contribution in [0.15, 0.2) is 0 Å². The highest BCUT2D eigenvalue weighted by atomic mass is 16.5. The summed E-state index contributed by atoms with van der Waals surface area (Å²) in [7, 11) is 1.77. The smallest absolute Gasteiger partial charge is 0.308 e. The van der Waals surface area contributed by atoms with Gasteiger partial charge in [-0.05, 0) is 58.0 Å². The van der Waals surface area contributed by atoms with Crippen LogP contribution in [0.4, 0.5) is 0 Å². The first-order chi connectivity index (χ1) is 18.6. The summed E-state index contributed by atoms with van der Waals surface area (Å²) in [5, 5.41) is 9.81. The molecule has 0 spiro atoms. The van der Waals surface area contributed by atoms with Gasteiger partial charge < -0.3 is 14.6 Å². The molecule has 0 aromatic carbocycles. The summed E-state index contributed by atoms with van der Waals surface area (Å²) in [5.74, 6) is 0.158. The lowest BCUT2D eigenvalue weighted by molar-refractivity contribution is -0.149. The highest BCUT2D eigenvalue weighted by Gasteiger charge is 2.19. The lowest BCUT2D eigenvalue weighted by Gasteiger charge is -2.30. The Kier molecular flexibility index (Phi) is 28.8. The first kappa shape index (κ1) is 37.4. The fourth-order valence-corrected chi connectivity index (χ4v) is 5.32. The van der Waals surface area contributed by atoms with Gasteiger partial charge in [0.25, 0.3) is 0 Å². The van der Waals surface area contributed by atoms with Crippen molar-refractivity contribution in [2.75, 3.05) is 40.0 Å². The molecule has 38 heavy (non-hydrogen) atoms. The number of nitrogens with zero attached hydrogens (tertiary/aromatic N) is 1. The average Bonchev–Trinajstić information content (AvgIpc) is 2.93. The summed E-state index contributed by atoms with van der Waals surface area (Å²) >= 11 is 0. The Morgan fingerprint density at radius 1 is 0.658 bits per heavy atom. The van der Waals surface area contributed by atoms with Crippen molar-refractivity contribution in [1.82, 2.24) is 4.90 Å². The highest BCUT2D eigenvalue weighted by Crippen LogP contribution is 2.21. The van der Waals surface area contributed by atoms with E-state index in [0.29, 0.717) is 6.61 Å². The number of aliphatic hydroxyl groups is 1. The number of methoxy groups -OCH3 is 1. The Morgan fingerprint density at radius 3 is 1.66 bits per heavy atom. The molecule has 5 heteroatoms. The number of hydrogen-bond donors (Lipinski definition) is 1. The van der Waals surface area contributed by atoms with Gasteiger partial charge in [-0.15, -0.1) is 0 Å². The third kappa shape index (κ3) is 22.2. The summed E-state index contributed by atoms with van der Waals surface area (Å²) in [6, 6.07) is 0.274. The molecule has 228 valence electrons. The molecule has 0 aliphatic heterocycles. The van der Waals surface area contributed by atoms with Crippen molar-refractivity contribution in [3.05, 3.63) is 0 Å². The number of unbranched alkanes of at least 4 members (excludes halogenated alkanes) is 14. The molecule has 0 aromatic heterocycles. The monoisotopic (exact) mass is 542 g/mol. The third-order valence-electron chi connectivity index (χ3n) is 7.97. The lowest BCUT2D eigenvalue weighted by atomic mass is 9.94. The van der Waals surface area contributed by atoms with Gasteiger partial charge in [0.15, 0.2) is 0 Å². The number of ether oxygens (including phenoxy) is 2. The maximum absolute atomic E-state index is 12.8. The van der Waals surface area contributed by atoms with Crippen molar-refractivity contribution in [2.45, 2.75) is 162 Å². The van der Waals surface area contributed by atoms with Crippen molar-refractivity contribution in [2.24, 2.45) is 5.92 Å². The molecule has 0 bridgehead atoms. The van der Waals surface area contributed by atoms with E-state index >= 15 is 0 Å². The second-order valence-electron chi connectivity index (χ2n) is 11.4. The molecule has 0 aliphatic carbocycles. The fourth-order valence-electron chi connectivity index (χ4n) is 5.32. The Hall–Kier alpha value is -0.650. The van der Waals surface area contributed by atoms with Crippen LogP contribution in [0.5, 0.6) is 0 Å². The van der Waals surface area contributed by atoms with E-state index in [-0.39, 0.29) is 24.5 Å². The number of hydrogen-bond acceptors (Lipinski definition) is 5. The van der Waals surface area contributed by atoms with Crippen LogP contribution in [-0.4, -0.2) is 62.0 Å². The molecule has 5 nitrogen and oxygen atoms in total. The van der Waals surface area contributed by atoms with E-state index in [9.17, 15) is 9.90 Å². The summed E-state index contributed by atoms with van der Waals surface area (Å²) < 4.78 is 10.9. The van der Waals surface area contributed by atoms with E-state index in [2.05, 4.69) is 25.7 Å². The molecule has 0 rings (SSSR count). The zero-order valence-electron chi connectivity index (χ0n) is 26.2. The first-order valence-corrected chi connectivity index (χ1v) is 16.6. The van der Waals surface area contributed by atoms with Gasteiger partial charge in [0.05, 0.1) is 19.1 Å². The van der Waals surface area contributed by atoms with E-state index in [4.69, 9.17) is 9.47 Å². The summed E-state index contributed by atoms with van der Waals surface area (Å²) in [4.78, 5) is 15.3. The maximum Gasteiger partial charge on any atom is 0.308 e. The van der Waals surface area contributed by atoms with Crippen LogP contribution in [0.25, 0.3) is 0 Å². The van der Waals surface area contributed by atoms with Crippen molar-refractivity contribution >= 4 is 5.97 Å². The Balaban J connectivity index is 4.21. The molecule has 0 saturated heterocycles. The van der Waals surface area contributed by atoms with Crippen LogP contribution < -0.4 is 0 Å². The number of carbonyl (C=O) groups excluding carboxylic acids is 1. The second-order valence-corrected chi connectivity index (χ2v) is 11.4. The zero-order valence-corrected chi connectivity index (χ0v) is 26.2. The Bertz CT molecular complexity index is 484. The zero-order chi connectivity index (χ0) is 28.1. The topological polar surface area (TPSA) is 59.0 Å². The van der Waals surface area contributed by atoms with Crippen LogP contribution in [0.1, 0.15) is 156 Å². The summed E-state index contributed by atoms with van der Waals surface area (Å²) in [5.41, 5.74) is 0. The number of rotatable bonds is 30. The van der Waals surface area contributed by atoms with Gasteiger partial charge in [-0.1, -0.05) is 111 Å². The van der Waals surface area contributed by atoms with Crippen LogP contribution in [0.3, 0.4) is 0 Å². The minimum Gasteiger partial charge on any atom is -0.465 e. The molecule has 2 atom stereocenters. The average molecular weight is 542 g/mol. The minimum atomic E-state index is 0.0560. The predicted octanol–water partition coefficient (Wildman–Crippen LogP) is 8.71. The molecular formula is C33H67NO4. The molecule has 0 heterocycles.